The monoisotopic (exact) mass is 154 g/mol. The molecule has 60 valence electrons. The number of nitrogens with zero attached hydrogens (tertiary/aromatic N) is 1. The van der Waals surface area contributed by atoms with Crippen LogP contribution in [0.25, 0.3) is 0 Å². The van der Waals surface area contributed by atoms with Gasteiger partial charge < -0.3 is 4.42 Å². The largest absolute Gasteiger partial charge is 0.434 e. The van der Waals surface area contributed by atoms with Crippen molar-refractivity contribution in [2.24, 2.45) is 5.92 Å². The van der Waals surface area contributed by atoms with Crippen LogP contribution in [0, 0.1) is 5.92 Å². The molecule has 0 atom stereocenters. The maximum absolute atomic E-state index is 10.5. The lowest BCUT2D eigenvalue weighted by Crippen LogP contribution is -2.19. The smallest absolute Gasteiger partial charge is 0.392 e. The molecule has 1 aromatic heterocycles. The second-order valence-corrected chi connectivity index (χ2v) is 3.22. The van der Waals surface area contributed by atoms with Gasteiger partial charge in [0.15, 0.2) is 0 Å². The van der Waals surface area contributed by atoms with Gasteiger partial charge in [0, 0.05) is 5.92 Å². The lowest BCUT2D eigenvalue weighted by atomic mass is 9.76. The summed E-state index contributed by atoms with van der Waals surface area (Å²) in [6.07, 6.45) is 2.18. The van der Waals surface area contributed by atoms with Gasteiger partial charge in [0.05, 0.1) is 0 Å². The molecule has 2 rings (SSSR count). The summed E-state index contributed by atoms with van der Waals surface area (Å²) >= 11 is 0. The molecule has 1 aliphatic carbocycles. The van der Waals surface area contributed by atoms with E-state index in [0.29, 0.717) is 11.8 Å². The maximum atomic E-state index is 10.5. The van der Waals surface area contributed by atoms with Crippen molar-refractivity contribution in [2.45, 2.75) is 25.7 Å². The molecule has 1 aliphatic rings. The molecular weight excluding hydrogens is 144 g/mol. The number of hydrogen-bond acceptors (Lipinski definition) is 3. The van der Waals surface area contributed by atoms with Crippen LogP contribution in [0.15, 0.2) is 9.21 Å². The molecule has 4 nitrogen and oxygen atoms in total. The van der Waals surface area contributed by atoms with Gasteiger partial charge in [-0.2, -0.15) is 0 Å². The summed E-state index contributed by atoms with van der Waals surface area (Å²) in [6, 6.07) is 0. The van der Waals surface area contributed by atoms with Crippen molar-refractivity contribution < 1.29 is 4.42 Å². The van der Waals surface area contributed by atoms with Gasteiger partial charge in [0.1, 0.15) is 0 Å². The molecule has 1 heterocycles. The maximum Gasteiger partial charge on any atom is 0.434 e. The van der Waals surface area contributed by atoms with Crippen LogP contribution >= 0.6 is 0 Å². The highest BCUT2D eigenvalue weighted by Gasteiger charge is 2.30. The van der Waals surface area contributed by atoms with Crippen molar-refractivity contribution in [1.29, 1.82) is 0 Å². The molecule has 0 amide bonds. The van der Waals surface area contributed by atoms with E-state index >= 15 is 0 Å². The van der Waals surface area contributed by atoms with Gasteiger partial charge in [-0.15, -0.1) is 5.10 Å². The summed E-state index contributed by atoms with van der Waals surface area (Å²) < 4.78 is 4.81. The zero-order chi connectivity index (χ0) is 7.84. The average Bonchev–Trinajstić information content (AvgIpc) is 2.29. The van der Waals surface area contributed by atoms with Crippen LogP contribution in [0.4, 0.5) is 0 Å². The number of aromatic nitrogens is 2. The molecule has 0 saturated heterocycles. The molecule has 1 N–H and O–H groups in total. The Kier molecular flexibility index (Phi) is 1.34. The third-order valence-corrected chi connectivity index (χ3v) is 2.18. The Hall–Kier alpha value is -1.06. The molecule has 1 saturated carbocycles. The predicted octanol–water partition coefficient (Wildman–Crippen LogP) is 0.876. The van der Waals surface area contributed by atoms with Crippen LogP contribution in [0.5, 0.6) is 0 Å². The second-order valence-electron chi connectivity index (χ2n) is 3.22. The Labute approximate surface area is 63.6 Å². The highest BCUT2D eigenvalue weighted by Crippen LogP contribution is 2.39. The van der Waals surface area contributed by atoms with Crippen LogP contribution in [-0.2, 0) is 0 Å². The number of nitrogens with one attached hydrogen (secondary N) is 1. The number of rotatable bonds is 1. The first kappa shape index (κ1) is 6.64. The fraction of sp³-hybridized carbons (Fsp3) is 0.714. The predicted molar refractivity (Wildman–Crippen MR) is 38.3 cm³/mol. The summed E-state index contributed by atoms with van der Waals surface area (Å²) in [5.41, 5.74) is 0. The first-order chi connectivity index (χ1) is 5.25. The van der Waals surface area contributed by atoms with E-state index in [0.717, 1.165) is 18.8 Å². The van der Waals surface area contributed by atoms with Gasteiger partial charge in [-0.1, -0.05) is 6.92 Å². The van der Waals surface area contributed by atoms with Crippen molar-refractivity contribution in [3.8, 4) is 0 Å². The summed E-state index contributed by atoms with van der Waals surface area (Å²) in [7, 11) is 0. The Morgan fingerprint density at radius 2 is 2.36 bits per heavy atom. The molecule has 4 heteroatoms. The zero-order valence-electron chi connectivity index (χ0n) is 6.33. The second kappa shape index (κ2) is 2.22. The van der Waals surface area contributed by atoms with E-state index in [4.69, 9.17) is 4.42 Å². The third kappa shape index (κ3) is 1.08. The van der Waals surface area contributed by atoms with Crippen molar-refractivity contribution >= 4 is 0 Å². The lowest BCUT2D eigenvalue weighted by Gasteiger charge is -2.29. The standard InChI is InChI=1S/C7H10N2O2/c1-4-2-5(3-4)6-8-9-7(10)11-6/h4-5H,2-3H2,1H3,(H,9,10). The van der Waals surface area contributed by atoms with Crippen LogP contribution in [0.1, 0.15) is 31.6 Å². The fourth-order valence-corrected chi connectivity index (χ4v) is 1.52. The van der Waals surface area contributed by atoms with Crippen molar-refractivity contribution in [1.82, 2.24) is 10.2 Å². The molecule has 0 unspecified atom stereocenters. The average molecular weight is 154 g/mol. The molecular formula is C7H10N2O2. The quantitative estimate of drug-likeness (QED) is 0.653. The molecule has 0 radical (unpaired) electrons. The summed E-state index contributed by atoms with van der Waals surface area (Å²) in [4.78, 5) is 10.5. The summed E-state index contributed by atoms with van der Waals surface area (Å²) in [6.45, 7) is 2.18. The van der Waals surface area contributed by atoms with E-state index in [-0.39, 0.29) is 0 Å². The van der Waals surface area contributed by atoms with Crippen LogP contribution in [0.3, 0.4) is 0 Å². The van der Waals surface area contributed by atoms with Crippen LogP contribution in [-0.4, -0.2) is 10.2 Å². The van der Waals surface area contributed by atoms with E-state index in [9.17, 15) is 4.79 Å². The minimum atomic E-state index is -0.445. The minimum absolute atomic E-state index is 0.379. The molecule has 0 aromatic carbocycles. The number of hydrogen-bond donors (Lipinski definition) is 1. The summed E-state index contributed by atoms with van der Waals surface area (Å²) in [5.74, 6) is 1.26. The Morgan fingerprint density at radius 1 is 1.64 bits per heavy atom. The lowest BCUT2D eigenvalue weighted by molar-refractivity contribution is 0.242. The molecule has 0 spiro atoms. The molecule has 1 fully saturated rings. The minimum Gasteiger partial charge on any atom is -0.392 e. The van der Waals surface area contributed by atoms with Crippen LogP contribution < -0.4 is 5.76 Å². The Bertz CT molecular complexity index is 295. The third-order valence-electron chi connectivity index (χ3n) is 2.18. The van der Waals surface area contributed by atoms with Gasteiger partial charge in [0.2, 0.25) is 5.89 Å². The summed E-state index contributed by atoms with van der Waals surface area (Å²) in [5, 5.41) is 6.03. The van der Waals surface area contributed by atoms with Crippen molar-refractivity contribution in [2.75, 3.05) is 0 Å². The molecule has 11 heavy (non-hydrogen) atoms. The molecule has 0 aliphatic heterocycles. The molecule has 1 aromatic rings. The highest BCUT2D eigenvalue weighted by molar-refractivity contribution is 4.96. The van der Waals surface area contributed by atoms with E-state index < -0.39 is 5.76 Å². The zero-order valence-corrected chi connectivity index (χ0v) is 6.33. The SMILES string of the molecule is CC1CC(c2n[nH]c(=O)o2)C1. The highest BCUT2D eigenvalue weighted by atomic mass is 16.4. The Balaban J connectivity index is 2.13. The molecule has 0 bridgehead atoms. The topological polar surface area (TPSA) is 58.9 Å². The normalized spacial score (nSPS) is 29.9. The fourth-order valence-electron chi connectivity index (χ4n) is 1.52. The number of aromatic amines is 1. The van der Waals surface area contributed by atoms with E-state index in [1.807, 2.05) is 0 Å². The van der Waals surface area contributed by atoms with E-state index in [1.165, 1.54) is 0 Å². The van der Waals surface area contributed by atoms with Gasteiger partial charge in [0.25, 0.3) is 0 Å². The van der Waals surface area contributed by atoms with Gasteiger partial charge >= 0.3 is 5.76 Å². The van der Waals surface area contributed by atoms with E-state index in [1.54, 1.807) is 0 Å². The number of H-pyrrole nitrogens is 1. The van der Waals surface area contributed by atoms with Crippen molar-refractivity contribution in [3.05, 3.63) is 16.4 Å². The first-order valence-corrected chi connectivity index (χ1v) is 3.81. The van der Waals surface area contributed by atoms with Crippen LogP contribution in [0.2, 0.25) is 0 Å². The van der Waals surface area contributed by atoms with Crippen molar-refractivity contribution in [3.63, 3.8) is 0 Å². The van der Waals surface area contributed by atoms with E-state index in [2.05, 4.69) is 17.1 Å². The van der Waals surface area contributed by atoms with Gasteiger partial charge in [-0.25, -0.2) is 9.89 Å². The Morgan fingerprint density at radius 3 is 2.82 bits per heavy atom. The van der Waals surface area contributed by atoms with Gasteiger partial charge in [-0.05, 0) is 18.8 Å². The van der Waals surface area contributed by atoms with Gasteiger partial charge in [-0.3, -0.25) is 0 Å². The first-order valence-electron chi connectivity index (χ1n) is 3.81.